The first-order chi connectivity index (χ1) is 17.6. The average molecular weight is 510 g/mol. The molecule has 37 heavy (non-hydrogen) atoms. The molecule has 3 aromatic rings. The van der Waals surface area contributed by atoms with Gasteiger partial charge in [-0.05, 0) is 73.7 Å². The van der Waals surface area contributed by atoms with E-state index in [-0.39, 0.29) is 17.5 Å². The summed E-state index contributed by atoms with van der Waals surface area (Å²) in [6, 6.07) is 18.6. The minimum Gasteiger partial charge on any atom is -0.371 e. The van der Waals surface area contributed by atoms with Gasteiger partial charge in [0.2, 0.25) is 0 Å². The van der Waals surface area contributed by atoms with Crippen LogP contribution in [0.5, 0.6) is 0 Å². The summed E-state index contributed by atoms with van der Waals surface area (Å²) in [7, 11) is 0. The molecule has 4 rings (SSSR count). The molecule has 1 heterocycles. The van der Waals surface area contributed by atoms with Crippen LogP contribution in [0.3, 0.4) is 0 Å². The van der Waals surface area contributed by atoms with Crippen molar-refractivity contribution in [2.75, 3.05) is 23.3 Å². The lowest BCUT2D eigenvalue weighted by Gasteiger charge is -2.33. The van der Waals surface area contributed by atoms with Crippen molar-refractivity contribution in [3.63, 3.8) is 0 Å². The minimum atomic E-state index is -4.48. The highest BCUT2D eigenvalue weighted by Gasteiger charge is 2.30. The van der Waals surface area contributed by atoms with E-state index in [0.717, 1.165) is 61.4 Å². The summed E-state index contributed by atoms with van der Waals surface area (Å²) < 4.78 is 38.6. The Morgan fingerprint density at radius 3 is 2.19 bits per heavy atom. The third-order valence-electron chi connectivity index (χ3n) is 6.74. The first kappa shape index (κ1) is 26.3. The SMILES string of the molecule is CC1CCN(c2ccc(NC(=O)c3ccc(C(F)(F)F)cc3)cc2C(=O)NC(C)c2ccccc2)CC1. The molecule has 1 aliphatic rings. The summed E-state index contributed by atoms with van der Waals surface area (Å²) >= 11 is 0. The van der Waals surface area contributed by atoms with Gasteiger partial charge in [0.05, 0.1) is 17.2 Å². The quantitative estimate of drug-likeness (QED) is 0.389. The van der Waals surface area contributed by atoms with E-state index in [1.807, 2.05) is 43.3 Å². The fourth-order valence-electron chi connectivity index (χ4n) is 4.43. The number of amides is 2. The molecular formula is C29H30F3N3O2. The molecular weight excluding hydrogens is 479 g/mol. The molecule has 1 atom stereocenters. The van der Waals surface area contributed by atoms with Crippen molar-refractivity contribution in [2.24, 2.45) is 5.92 Å². The zero-order chi connectivity index (χ0) is 26.6. The number of alkyl halides is 3. The van der Waals surface area contributed by atoms with Crippen LogP contribution < -0.4 is 15.5 Å². The van der Waals surface area contributed by atoms with Gasteiger partial charge in [-0.25, -0.2) is 0 Å². The van der Waals surface area contributed by atoms with E-state index in [9.17, 15) is 22.8 Å². The summed E-state index contributed by atoms with van der Waals surface area (Å²) in [5.74, 6) is -0.207. The Labute approximate surface area is 214 Å². The number of hydrogen-bond donors (Lipinski definition) is 2. The molecule has 0 saturated carbocycles. The third kappa shape index (κ3) is 6.50. The van der Waals surface area contributed by atoms with Crippen LogP contribution in [0.15, 0.2) is 72.8 Å². The van der Waals surface area contributed by atoms with E-state index in [1.165, 1.54) is 0 Å². The number of piperidine rings is 1. The summed E-state index contributed by atoms with van der Waals surface area (Å²) in [5, 5.41) is 5.76. The number of hydrogen-bond acceptors (Lipinski definition) is 3. The first-order valence-electron chi connectivity index (χ1n) is 12.3. The molecule has 8 heteroatoms. The summed E-state index contributed by atoms with van der Waals surface area (Å²) in [6.45, 7) is 5.78. The predicted octanol–water partition coefficient (Wildman–Crippen LogP) is 6.69. The van der Waals surface area contributed by atoms with Crippen molar-refractivity contribution in [3.05, 3.63) is 95.1 Å². The van der Waals surface area contributed by atoms with E-state index in [0.29, 0.717) is 17.2 Å². The van der Waals surface area contributed by atoms with E-state index in [1.54, 1.807) is 12.1 Å². The first-order valence-corrected chi connectivity index (χ1v) is 12.3. The van der Waals surface area contributed by atoms with E-state index >= 15 is 0 Å². The highest BCUT2D eigenvalue weighted by Crippen LogP contribution is 2.31. The molecule has 0 bridgehead atoms. The van der Waals surface area contributed by atoms with Gasteiger partial charge in [0.25, 0.3) is 11.8 Å². The Bertz CT molecular complexity index is 1240. The number of rotatable bonds is 6. The molecule has 0 spiro atoms. The van der Waals surface area contributed by atoms with Crippen LogP contribution in [0.4, 0.5) is 24.5 Å². The molecule has 0 aliphatic carbocycles. The van der Waals surface area contributed by atoms with Gasteiger partial charge in [-0.1, -0.05) is 37.3 Å². The molecule has 194 valence electrons. The lowest BCUT2D eigenvalue weighted by atomic mass is 9.97. The van der Waals surface area contributed by atoms with Gasteiger partial charge >= 0.3 is 6.18 Å². The minimum absolute atomic E-state index is 0.0887. The van der Waals surface area contributed by atoms with Crippen LogP contribution in [0.25, 0.3) is 0 Å². The zero-order valence-corrected chi connectivity index (χ0v) is 20.8. The van der Waals surface area contributed by atoms with Gasteiger partial charge in [-0.15, -0.1) is 0 Å². The average Bonchev–Trinajstić information content (AvgIpc) is 2.89. The number of anilines is 2. The van der Waals surface area contributed by atoms with Crippen LogP contribution in [-0.4, -0.2) is 24.9 Å². The second kappa shape index (κ2) is 11.1. The van der Waals surface area contributed by atoms with Crippen molar-refractivity contribution >= 4 is 23.2 Å². The standard InChI is InChI=1S/C29H30F3N3O2/c1-19-14-16-35(17-15-19)26-13-12-24(34-27(36)22-8-10-23(11-9-22)29(30,31)32)18-25(26)28(37)33-20(2)21-6-4-3-5-7-21/h3-13,18-20H,14-17H2,1-2H3,(H,33,37)(H,34,36). The Morgan fingerprint density at radius 2 is 1.57 bits per heavy atom. The number of nitrogens with zero attached hydrogens (tertiary/aromatic N) is 1. The van der Waals surface area contributed by atoms with E-state index in [4.69, 9.17) is 0 Å². The van der Waals surface area contributed by atoms with Gasteiger partial charge in [-0.2, -0.15) is 13.2 Å². The largest absolute Gasteiger partial charge is 0.416 e. The van der Waals surface area contributed by atoms with Gasteiger partial charge in [0.1, 0.15) is 0 Å². The van der Waals surface area contributed by atoms with Gasteiger partial charge < -0.3 is 15.5 Å². The van der Waals surface area contributed by atoms with Crippen molar-refractivity contribution in [1.29, 1.82) is 0 Å². The highest BCUT2D eigenvalue weighted by molar-refractivity contribution is 6.06. The Balaban J connectivity index is 1.58. The van der Waals surface area contributed by atoms with Crippen LogP contribution >= 0.6 is 0 Å². The lowest BCUT2D eigenvalue weighted by Crippen LogP contribution is -2.35. The van der Waals surface area contributed by atoms with Crippen molar-refractivity contribution in [2.45, 2.75) is 38.9 Å². The fourth-order valence-corrected chi connectivity index (χ4v) is 4.43. The summed E-state index contributed by atoms with van der Waals surface area (Å²) in [4.78, 5) is 28.4. The number of nitrogens with one attached hydrogen (secondary N) is 2. The molecule has 2 amide bonds. The maximum absolute atomic E-state index is 13.4. The zero-order valence-electron chi connectivity index (χ0n) is 20.8. The van der Waals surface area contributed by atoms with Crippen LogP contribution in [-0.2, 0) is 6.18 Å². The molecule has 0 aromatic heterocycles. The molecule has 0 radical (unpaired) electrons. The third-order valence-corrected chi connectivity index (χ3v) is 6.74. The molecule has 5 nitrogen and oxygen atoms in total. The Morgan fingerprint density at radius 1 is 0.919 bits per heavy atom. The number of carbonyl (C=O) groups excluding carboxylic acids is 2. The van der Waals surface area contributed by atoms with Crippen LogP contribution in [0.1, 0.15) is 64.6 Å². The monoisotopic (exact) mass is 509 g/mol. The maximum atomic E-state index is 13.4. The second-order valence-electron chi connectivity index (χ2n) is 9.54. The second-order valence-corrected chi connectivity index (χ2v) is 9.54. The number of benzene rings is 3. The van der Waals surface area contributed by atoms with Gasteiger partial charge in [-0.3, -0.25) is 9.59 Å². The lowest BCUT2D eigenvalue weighted by molar-refractivity contribution is -0.137. The van der Waals surface area contributed by atoms with Gasteiger partial charge in [0.15, 0.2) is 0 Å². The number of carbonyl (C=O) groups is 2. The van der Waals surface area contributed by atoms with E-state index in [2.05, 4.69) is 22.5 Å². The Hall–Kier alpha value is -3.81. The molecule has 3 aromatic carbocycles. The predicted molar refractivity (Wildman–Crippen MR) is 139 cm³/mol. The molecule has 1 fully saturated rings. The van der Waals surface area contributed by atoms with Crippen LogP contribution in [0, 0.1) is 5.92 Å². The topological polar surface area (TPSA) is 61.4 Å². The van der Waals surface area contributed by atoms with E-state index < -0.39 is 17.6 Å². The molecule has 1 unspecified atom stereocenters. The molecule has 2 N–H and O–H groups in total. The highest BCUT2D eigenvalue weighted by atomic mass is 19.4. The van der Waals surface area contributed by atoms with Crippen molar-refractivity contribution < 1.29 is 22.8 Å². The summed E-state index contributed by atoms with van der Waals surface area (Å²) in [5.41, 5.74) is 1.84. The molecule has 1 aliphatic heterocycles. The van der Waals surface area contributed by atoms with Crippen molar-refractivity contribution in [3.8, 4) is 0 Å². The number of halogens is 3. The smallest absolute Gasteiger partial charge is 0.371 e. The van der Waals surface area contributed by atoms with Gasteiger partial charge in [0, 0.05) is 30.0 Å². The molecule has 1 saturated heterocycles. The summed E-state index contributed by atoms with van der Waals surface area (Å²) in [6.07, 6.45) is -2.43. The maximum Gasteiger partial charge on any atom is 0.416 e. The van der Waals surface area contributed by atoms with Crippen LogP contribution in [0.2, 0.25) is 0 Å². The van der Waals surface area contributed by atoms with Crippen molar-refractivity contribution in [1.82, 2.24) is 5.32 Å². The Kier molecular flexibility index (Phi) is 7.86. The fraction of sp³-hybridized carbons (Fsp3) is 0.310. The normalized spacial score (nSPS) is 15.2.